The zero-order valence-electron chi connectivity index (χ0n) is 17.8. The molecular weight excluding hydrogens is 498 g/mol. The van der Waals surface area contributed by atoms with Crippen LogP contribution in [0.5, 0.6) is 0 Å². The van der Waals surface area contributed by atoms with Crippen molar-refractivity contribution in [1.29, 1.82) is 0 Å². The number of hydrogen-bond acceptors (Lipinski definition) is 5. The molecule has 2 aromatic carbocycles. The maximum absolute atomic E-state index is 13.1. The van der Waals surface area contributed by atoms with Crippen molar-refractivity contribution >= 4 is 38.2 Å². The zero-order valence-corrected chi connectivity index (χ0v) is 20.2. The predicted molar refractivity (Wildman–Crippen MR) is 134 cm³/mol. The maximum atomic E-state index is 13.1. The van der Waals surface area contributed by atoms with Crippen molar-refractivity contribution in [2.24, 2.45) is 0 Å². The molecule has 0 spiro atoms. The number of nitrogens with zero attached hydrogens (tertiary/aromatic N) is 1. The molecule has 2 N–H and O–H groups in total. The molecule has 1 amide bonds. The number of carbonyl (C=O) groups is 1. The first-order chi connectivity index (χ1) is 16.1. The quantitative estimate of drug-likeness (QED) is 0.337. The molecule has 166 valence electrons. The van der Waals surface area contributed by atoms with E-state index in [4.69, 9.17) is 4.42 Å². The van der Waals surface area contributed by atoms with Gasteiger partial charge in [-0.25, -0.2) is 0 Å². The van der Waals surface area contributed by atoms with E-state index in [-0.39, 0.29) is 12.1 Å². The summed E-state index contributed by atoms with van der Waals surface area (Å²) >= 11 is 5.16. The lowest BCUT2D eigenvalue weighted by molar-refractivity contribution is 0.0930. The topological polar surface area (TPSA) is 57.5 Å². The molecule has 0 unspecified atom stereocenters. The molecule has 0 bridgehead atoms. The number of anilines is 1. The van der Waals surface area contributed by atoms with Crippen molar-refractivity contribution in [2.75, 3.05) is 11.9 Å². The molecule has 4 aromatic rings. The summed E-state index contributed by atoms with van der Waals surface area (Å²) in [6, 6.07) is 22.4. The third-order valence-electron chi connectivity index (χ3n) is 6.20. The third kappa shape index (κ3) is 4.01. The molecule has 0 saturated carbocycles. The van der Waals surface area contributed by atoms with Gasteiger partial charge in [-0.2, -0.15) is 0 Å². The van der Waals surface area contributed by atoms with Crippen LogP contribution in [0.15, 0.2) is 75.6 Å². The van der Waals surface area contributed by atoms with Gasteiger partial charge in [-0.3, -0.25) is 9.69 Å². The highest BCUT2D eigenvalue weighted by molar-refractivity contribution is 9.10. The highest BCUT2D eigenvalue weighted by atomic mass is 79.9. The van der Waals surface area contributed by atoms with Gasteiger partial charge in [0.15, 0.2) is 6.17 Å². The SMILES string of the molecule is O=C1N[C@@H](c2ccc(-c3ccc(Br)cc3)o2)Nc2sc3c(c21)CCN(Cc1ccccc1)C3. The van der Waals surface area contributed by atoms with Gasteiger partial charge < -0.3 is 15.1 Å². The lowest BCUT2D eigenvalue weighted by atomic mass is 10.0. The van der Waals surface area contributed by atoms with Gasteiger partial charge in [0.1, 0.15) is 16.5 Å². The van der Waals surface area contributed by atoms with Crippen LogP contribution in [0, 0.1) is 0 Å². The third-order valence-corrected chi connectivity index (χ3v) is 7.88. The number of carbonyl (C=O) groups excluding carboxylic acids is 1. The lowest BCUT2D eigenvalue weighted by Crippen LogP contribution is -2.38. The van der Waals surface area contributed by atoms with E-state index in [0.29, 0.717) is 5.76 Å². The van der Waals surface area contributed by atoms with Gasteiger partial charge in [-0.15, -0.1) is 11.3 Å². The van der Waals surface area contributed by atoms with Crippen LogP contribution in [-0.2, 0) is 19.5 Å². The Hall–Kier alpha value is -2.87. The monoisotopic (exact) mass is 519 g/mol. The first kappa shape index (κ1) is 20.7. The zero-order chi connectivity index (χ0) is 22.4. The maximum Gasteiger partial charge on any atom is 0.256 e. The van der Waals surface area contributed by atoms with Crippen LogP contribution in [0.25, 0.3) is 11.3 Å². The van der Waals surface area contributed by atoms with Crippen LogP contribution < -0.4 is 10.6 Å². The van der Waals surface area contributed by atoms with Crippen LogP contribution in [-0.4, -0.2) is 17.4 Å². The Kier molecular flexibility index (Phi) is 5.32. The van der Waals surface area contributed by atoms with Crippen molar-refractivity contribution in [1.82, 2.24) is 10.2 Å². The van der Waals surface area contributed by atoms with Gasteiger partial charge in [-0.1, -0.05) is 58.4 Å². The van der Waals surface area contributed by atoms with E-state index in [1.54, 1.807) is 11.3 Å². The van der Waals surface area contributed by atoms with Gasteiger partial charge in [0.05, 0.1) is 5.56 Å². The summed E-state index contributed by atoms with van der Waals surface area (Å²) in [4.78, 5) is 16.8. The van der Waals surface area contributed by atoms with Gasteiger partial charge >= 0.3 is 0 Å². The second-order valence-electron chi connectivity index (χ2n) is 8.41. The summed E-state index contributed by atoms with van der Waals surface area (Å²) in [7, 11) is 0. The fourth-order valence-electron chi connectivity index (χ4n) is 4.56. The molecule has 2 aliphatic rings. The van der Waals surface area contributed by atoms with Crippen LogP contribution in [0.3, 0.4) is 0 Å². The van der Waals surface area contributed by atoms with E-state index in [9.17, 15) is 4.79 Å². The predicted octanol–water partition coefficient (Wildman–Crippen LogP) is 6.18. The molecule has 0 radical (unpaired) electrons. The van der Waals surface area contributed by atoms with Crippen LogP contribution >= 0.6 is 27.3 Å². The standard InChI is InChI=1S/C26H22BrN3O2S/c27-18-8-6-17(7-9-18)20-10-11-21(32-20)24-28-25(31)23-19-12-13-30(14-16-4-2-1-3-5-16)15-22(19)33-26(23)29-24/h1-11,24,29H,12-15H2,(H,28,31)/t24-/m1/s1. The second-order valence-corrected chi connectivity index (χ2v) is 10.4. The Bertz CT molecular complexity index is 1310. The smallest absolute Gasteiger partial charge is 0.256 e. The number of nitrogens with one attached hydrogen (secondary N) is 2. The number of furan rings is 1. The van der Waals surface area contributed by atoms with Gasteiger partial charge in [0.2, 0.25) is 0 Å². The van der Waals surface area contributed by atoms with Crippen molar-refractivity contribution < 1.29 is 9.21 Å². The first-order valence-electron chi connectivity index (χ1n) is 11.0. The Balaban J connectivity index is 1.22. The van der Waals surface area contributed by atoms with Crippen molar-refractivity contribution in [3.8, 4) is 11.3 Å². The Morgan fingerprint density at radius 3 is 2.67 bits per heavy atom. The van der Waals surface area contributed by atoms with E-state index < -0.39 is 0 Å². The minimum atomic E-state index is -0.380. The van der Waals surface area contributed by atoms with Crippen molar-refractivity contribution in [3.63, 3.8) is 0 Å². The summed E-state index contributed by atoms with van der Waals surface area (Å²) in [6.45, 7) is 2.75. The number of fused-ring (bicyclic) bond motifs is 3. The molecule has 4 heterocycles. The molecule has 1 atom stereocenters. The fourth-order valence-corrected chi connectivity index (χ4v) is 6.14. The van der Waals surface area contributed by atoms with Crippen LogP contribution in [0.4, 0.5) is 5.00 Å². The van der Waals surface area contributed by atoms with Crippen LogP contribution in [0.2, 0.25) is 0 Å². The normalized spacial score (nSPS) is 17.7. The number of halogens is 1. The van der Waals surface area contributed by atoms with E-state index >= 15 is 0 Å². The van der Waals surface area contributed by atoms with Crippen molar-refractivity contribution in [2.45, 2.75) is 25.7 Å². The summed E-state index contributed by atoms with van der Waals surface area (Å²) in [5.74, 6) is 1.45. The van der Waals surface area contributed by atoms with E-state index in [2.05, 4.69) is 55.7 Å². The number of hydrogen-bond donors (Lipinski definition) is 2. The number of benzene rings is 2. The Morgan fingerprint density at radius 1 is 1.03 bits per heavy atom. The second kappa shape index (κ2) is 8.48. The Labute approximate surface area is 204 Å². The fraction of sp³-hybridized carbons (Fsp3) is 0.192. The molecule has 7 heteroatoms. The molecule has 0 aliphatic carbocycles. The molecule has 5 nitrogen and oxygen atoms in total. The molecule has 33 heavy (non-hydrogen) atoms. The highest BCUT2D eigenvalue weighted by Crippen LogP contribution is 2.41. The van der Waals surface area contributed by atoms with Crippen molar-refractivity contribution in [3.05, 3.63) is 98.5 Å². The lowest BCUT2D eigenvalue weighted by Gasteiger charge is -2.28. The summed E-state index contributed by atoms with van der Waals surface area (Å²) in [5, 5.41) is 7.54. The largest absolute Gasteiger partial charge is 0.457 e. The first-order valence-corrected chi connectivity index (χ1v) is 12.6. The molecule has 2 aliphatic heterocycles. The van der Waals surface area contributed by atoms with Crippen LogP contribution in [0.1, 0.15) is 38.3 Å². The minimum Gasteiger partial charge on any atom is -0.457 e. The average molecular weight is 520 g/mol. The minimum absolute atomic E-state index is 0.0237. The molecule has 0 fully saturated rings. The molecule has 2 aromatic heterocycles. The number of rotatable bonds is 4. The molecule has 6 rings (SSSR count). The van der Waals surface area contributed by atoms with E-state index in [1.165, 1.54) is 16.0 Å². The Morgan fingerprint density at radius 2 is 1.85 bits per heavy atom. The van der Waals surface area contributed by atoms with Gasteiger partial charge in [0.25, 0.3) is 5.91 Å². The summed E-state index contributed by atoms with van der Waals surface area (Å²) in [5.41, 5.74) is 4.32. The summed E-state index contributed by atoms with van der Waals surface area (Å²) in [6.07, 6.45) is 0.511. The molecular formula is C26H22BrN3O2S. The average Bonchev–Trinajstić information content (AvgIpc) is 3.45. The number of amides is 1. The van der Waals surface area contributed by atoms with Gasteiger partial charge in [0, 0.05) is 34.5 Å². The molecule has 0 saturated heterocycles. The highest BCUT2D eigenvalue weighted by Gasteiger charge is 2.34. The van der Waals surface area contributed by atoms with E-state index in [0.717, 1.165) is 52.4 Å². The van der Waals surface area contributed by atoms with Gasteiger partial charge in [-0.05, 0) is 41.8 Å². The van der Waals surface area contributed by atoms with E-state index in [1.807, 2.05) is 42.5 Å². The number of thiophene rings is 1. The summed E-state index contributed by atoms with van der Waals surface area (Å²) < 4.78 is 7.13.